The molecule has 2 N–H and O–H groups in total. The molecule has 6 heteroatoms. The molecule has 6 atom stereocenters. The molecule has 0 amide bonds. The summed E-state index contributed by atoms with van der Waals surface area (Å²) in [6, 6.07) is 0. The van der Waals surface area contributed by atoms with E-state index in [1.165, 1.54) is 0 Å². The van der Waals surface area contributed by atoms with Crippen LogP contribution in [0.25, 0.3) is 0 Å². The summed E-state index contributed by atoms with van der Waals surface area (Å²) in [5.74, 6) is 0. The highest BCUT2D eigenvalue weighted by Crippen LogP contribution is 2.34. The van der Waals surface area contributed by atoms with E-state index in [0.717, 1.165) is 0 Å². The molecule has 12 heavy (non-hydrogen) atoms. The van der Waals surface area contributed by atoms with Crippen molar-refractivity contribution in [3.63, 3.8) is 0 Å². The fourth-order valence-electron chi connectivity index (χ4n) is 1.10. The van der Waals surface area contributed by atoms with Crippen LogP contribution in [0, 0.1) is 0 Å². The van der Waals surface area contributed by atoms with Crippen molar-refractivity contribution in [2.24, 2.45) is 0 Å². The first kappa shape index (κ1) is 11.2. The second-order valence-electron chi connectivity index (χ2n) is 2.76. The van der Waals surface area contributed by atoms with E-state index in [1.54, 1.807) is 0 Å². The molecule has 0 aromatic carbocycles. The largest absolute Gasteiger partial charge is 0.389 e. The monoisotopic (exact) mass is 252 g/mol. The number of halogens is 4. The van der Waals surface area contributed by atoms with E-state index in [0.29, 0.717) is 0 Å². The fraction of sp³-hybridized carbons (Fsp3) is 1.00. The van der Waals surface area contributed by atoms with Crippen molar-refractivity contribution in [3.8, 4) is 0 Å². The lowest BCUT2D eigenvalue weighted by atomic mass is 9.93. The van der Waals surface area contributed by atoms with Crippen LogP contribution in [0.5, 0.6) is 0 Å². The molecule has 1 aliphatic carbocycles. The number of hydrogen-bond acceptors (Lipinski definition) is 2. The van der Waals surface area contributed by atoms with Crippen molar-refractivity contribution >= 4 is 46.4 Å². The third-order valence-corrected chi connectivity index (χ3v) is 4.45. The number of rotatable bonds is 0. The molecule has 1 rings (SSSR count). The van der Waals surface area contributed by atoms with Crippen LogP contribution < -0.4 is 0 Å². The van der Waals surface area contributed by atoms with Crippen LogP contribution in [0.4, 0.5) is 0 Å². The van der Waals surface area contributed by atoms with Gasteiger partial charge in [-0.1, -0.05) is 0 Å². The summed E-state index contributed by atoms with van der Waals surface area (Å²) in [5, 5.41) is 15.8. The van der Waals surface area contributed by atoms with Gasteiger partial charge in [0.1, 0.15) is 0 Å². The summed E-state index contributed by atoms with van der Waals surface area (Å²) in [6.07, 6.45) is -2.24. The molecule has 6 unspecified atom stereocenters. The van der Waals surface area contributed by atoms with Gasteiger partial charge in [-0.05, 0) is 0 Å². The lowest BCUT2D eigenvalue weighted by Crippen LogP contribution is -2.56. The summed E-state index contributed by atoms with van der Waals surface area (Å²) in [7, 11) is 0. The van der Waals surface area contributed by atoms with Gasteiger partial charge in [-0.25, -0.2) is 0 Å². The van der Waals surface area contributed by atoms with Crippen LogP contribution in [-0.4, -0.2) is 43.9 Å². The summed E-state index contributed by atoms with van der Waals surface area (Å²) < 4.78 is 0. The molecule has 0 bridgehead atoms. The molecule has 0 heterocycles. The first-order valence-corrected chi connectivity index (χ1v) is 5.14. The number of hydrogen-bond donors (Lipinski definition) is 2. The van der Waals surface area contributed by atoms with Crippen molar-refractivity contribution < 1.29 is 10.2 Å². The minimum Gasteiger partial charge on any atom is -0.389 e. The average Bonchev–Trinajstić information content (AvgIpc) is 2.08. The SMILES string of the molecule is OC1C(O)C(Cl)C(Cl)C(Cl)C1Cl. The first-order chi connectivity index (χ1) is 5.46. The molecule has 2 nitrogen and oxygen atoms in total. The molecule has 0 aromatic rings. The molecule has 0 radical (unpaired) electrons. The third kappa shape index (κ3) is 1.79. The zero-order valence-corrected chi connectivity index (χ0v) is 8.89. The predicted octanol–water partition coefficient (Wildman–Crippen LogP) is 1.15. The lowest BCUT2D eigenvalue weighted by molar-refractivity contribution is -0.000611. The maximum atomic E-state index is 9.30. The van der Waals surface area contributed by atoms with Gasteiger partial charge in [-0.2, -0.15) is 0 Å². The molecular weight excluding hydrogens is 246 g/mol. The second kappa shape index (κ2) is 4.07. The Bertz CT molecular complexity index is 109. The van der Waals surface area contributed by atoms with E-state index < -0.39 is 33.7 Å². The van der Waals surface area contributed by atoms with E-state index in [2.05, 4.69) is 0 Å². The zero-order valence-electron chi connectivity index (χ0n) is 5.87. The zero-order chi connectivity index (χ0) is 9.46. The van der Waals surface area contributed by atoms with Gasteiger partial charge in [0.05, 0.1) is 33.7 Å². The maximum absolute atomic E-state index is 9.30. The van der Waals surface area contributed by atoms with Crippen molar-refractivity contribution in [3.05, 3.63) is 0 Å². The van der Waals surface area contributed by atoms with E-state index in [9.17, 15) is 10.2 Å². The molecule has 72 valence electrons. The van der Waals surface area contributed by atoms with Gasteiger partial charge in [-0.3, -0.25) is 0 Å². The second-order valence-corrected chi connectivity index (χ2v) is 4.77. The summed E-state index contributed by atoms with van der Waals surface area (Å²) >= 11 is 22.9. The molecule has 1 aliphatic rings. The predicted molar refractivity (Wildman–Crippen MR) is 50.6 cm³/mol. The minimum absolute atomic E-state index is 0.630. The molecule has 0 saturated heterocycles. The Morgan fingerprint density at radius 3 is 1.08 bits per heavy atom. The Morgan fingerprint density at radius 2 is 0.833 bits per heavy atom. The highest BCUT2D eigenvalue weighted by Gasteiger charge is 2.47. The highest BCUT2D eigenvalue weighted by atomic mass is 35.5. The number of aliphatic hydroxyl groups is 2. The van der Waals surface area contributed by atoms with Crippen molar-refractivity contribution in [1.82, 2.24) is 0 Å². The molecule has 0 aliphatic heterocycles. The van der Waals surface area contributed by atoms with Gasteiger partial charge in [0.25, 0.3) is 0 Å². The minimum atomic E-state index is -1.12. The third-order valence-electron chi connectivity index (χ3n) is 1.92. The Kier molecular flexibility index (Phi) is 3.79. The van der Waals surface area contributed by atoms with E-state index in [4.69, 9.17) is 46.4 Å². The summed E-state index contributed by atoms with van der Waals surface area (Å²) in [4.78, 5) is 0. The van der Waals surface area contributed by atoms with Crippen molar-refractivity contribution in [2.75, 3.05) is 0 Å². The first-order valence-electron chi connectivity index (χ1n) is 3.39. The molecule has 0 aromatic heterocycles. The fourth-order valence-corrected chi connectivity index (χ4v) is 2.48. The van der Waals surface area contributed by atoms with Crippen LogP contribution in [0.1, 0.15) is 0 Å². The molecule has 1 saturated carbocycles. The van der Waals surface area contributed by atoms with Crippen LogP contribution >= 0.6 is 46.4 Å². The van der Waals surface area contributed by atoms with Crippen molar-refractivity contribution in [1.29, 1.82) is 0 Å². The average molecular weight is 254 g/mol. The standard InChI is InChI=1S/C6H8Cl4O2/c7-1-2(8)4(10)6(12)5(11)3(1)9/h1-6,11-12H. The van der Waals surface area contributed by atoms with E-state index in [-0.39, 0.29) is 0 Å². The van der Waals surface area contributed by atoms with E-state index >= 15 is 0 Å². The summed E-state index contributed by atoms with van der Waals surface area (Å²) in [6.45, 7) is 0. The smallest absolute Gasteiger partial charge is 0.0992 e. The Morgan fingerprint density at radius 1 is 0.583 bits per heavy atom. The molecule has 1 fully saturated rings. The molecular formula is C6H8Cl4O2. The van der Waals surface area contributed by atoms with E-state index in [1.807, 2.05) is 0 Å². The summed E-state index contributed by atoms with van der Waals surface area (Å²) in [5.41, 5.74) is 0. The normalized spacial score (nSPS) is 55.5. The Hall–Kier alpha value is 1.08. The van der Waals surface area contributed by atoms with Crippen LogP contribution in [-0.2, 0) is 0 Å². The van der Waals surface area contributed by atoms with Gasteiger partial charge < -0.3 is 10.2 Å². The maximum Gasteiger partial charge on any atom is 0.0992 e. The van der Waals surface area contributed by atoms with Gasteiger partial charge >= 0.3 is 0 Å². The Labute approximate surface area is 90.4 Å². The quantitative estimate of drug-likeness (QED) is 0.636. The van der Waals surface area contributed by atoms with Crippen LogP contribution in [0.2, 0.25) is 0 Å². The van der Waals surface area contributed by atoms with Gasteiger partial charge in [-0.15, -0.1) is 46.4 Å². The van der Waals surface area contributed by atoms with Gasteiger partial charge in [0.15, 0.2) is 0 Å². The number of aliphatic hydroxyl groups excluding tert-OH is 2. The van der Waals surface area contributed by atoms with Gasteiger partial charge in [0.2, 0.25) is 0 Å². The van der Waals surface area contributed by atoms with Crippen molar-refractivity contribution in [2.45, 2.75) is 33.7 Å². The van der Waals surface area contributed by atoms with Gasteiger partial charge in [0, 0.05) is 0 Å². The van der Waals surface area contributed by atoms with Crippen LogP contribution in [0.3, 0.4) is 0 Å². The lowest BCUT2D eigenvalue weighted by Gasteiger charge is -2.38. The topological polar surface area (TPSA) is 40.5 Å². The number of alkyl halides is 4. The Balaban J connectivity index is 2.76. The molecule has 0 spiro atoms. The highest BCUT2D eigenvalue weighted by molar-refractivity contribution is 6.38. The van der Waals surface area contributed by atoms with Crippen LogP contribution in [0.15, 0.2) is 0 Å².